The summed E-state index contributed by atoms with van der Waals surface area (Å²) in [6.45, 7) is -0.256. The Kier molecular flexibility index (Phi) is 30.5. The largest absolute Gasteiger partial charge is 0.480 e. The minimum absolute atomic E-state index is 0.0247. The van der Waals surface area contributed by atoms with Gasteiger partial charge in [-0.15, -0.1) is 10.2 Å². The molecule has 4 amide bonds. The van der Waals surface area contributed by atoms with E-state index in [4.69, 9.17) is 9.47 Å². The zero-order valence-electron chi connectivity index (χ0n) is 34.3. The first-order valence-electron chi connectivity index (χ1n) is 20.6. The fourth-order valence-electron chi connectivity index (χ4n) is 5.79. The van der Waals surface area contributed by atoms with E-state index in [0.29, 0.717) is 6.42 Å². The zero-order valence-corrected chi connectivity index (χ0v) is 37.2. The second-order valence-corrected chi connectivity index (χ2v) is 17.3. The number of aromatic amines is 1. The van der Waals surface area contributed by atoms with E-state index >= 15 is 0 Å². The van der Waals surface area contributed by atoms with E-state index in [1.165, 1.54) is 67.5 Å². The molecule has 2 atom stereocenters. The number of nitrogens with zero attached hydrogens (tertiary/aromatic N) is 3. The number of aliphatic carboxylic acids is 2. The number of nitrogens with one attached hydrogen (secondary N) is 5. The number of sulfonamides is 1. The van der Waals surface area contributed by atoms with Crippen molar-refractivity contribution in [3.05, 3.63) is 5.82 Å². The van der Waals surface area contributed by atoms with Crippen LogP contribution in [0.2, 0.25) is 0 Å². The molecule has 21 nitrogen and oxygen atoms in total. The van der Waals surface area contributed by atoms with Crippen LogP contribution in [-0.2, 0) is 59.5 Å². The van der Waals surface area contributed by atoms with Gasteiger partial charge in [-0.05, 0) is 54.7 Å². The molecular formula is C37H63IN8O13S. The van der Waals surface area contributed by atoms with Crippen LogP contribution in [-0.4, -0.2) is 129 Å². The summed E-state index contributed by atoms with van der Waals surface area (Å²) in [5.41, 5.74) is 0. The molecule has 0 aliphatic heterocycles. The number of hydrogen-bond acceptors (Lipinski definition) is 14. The third-order valence-corrected chi connectivity index (χ3v) is 10.9. The zero-order chi connectivity index (χ0) is 44.4. The molecule has 0 saturated carbocycles. The number of aryl methyl sites for hydroxylation is 1. The molecule has 60 heavy (non-hydrogen) atoms. The summed E-state index contributed by atoms with van der Waals surface area (Å²) >= 11 is 1.51. The Bertz CT molecular complexity index is 1540. The van der Waals surface area contributed by atoms with Crippen molar-refractivity contribution >= 4 is 72.0 Å². The first-order chi connectivity index (χ1) is 28.7. The van der Waals surface area contributed by atoms with E-state index < -0.39 is 70.7 Å². The molecule has 0 radical (unpaired) electrons. The predicted octanol–water partition coefficient (Wildman–Crippen LogP) is 2.24. The van der Waals surface area contributed by atoms with Gasteiger partial charge in [0, 0.05) is 38.6 Å². The molecule has 1 rings (SSSR count). The second kappa shape index (κ2) is 33.8. The Labute approximate surface area is 365 Å². The van der Waals surface area contributed by atoms with Crippen LogP contribution in [0.4, 0.5) is 0 Å². The molecule has 23 heteroatoms. The molecule has 1 heterocycles. The standard InChI is InChI=1S/C37H63IN8O13S/c38-30(47)20-18-28(36(52)53)40-33(49)21-19-29(37(54)55)41-35(51)27-59-25-24-58-23-22-39-32(48)17-14-26-60(56,57)44-34(50)16-13-11-9-7-5-3-1-2-4-6-8-10-12-15-31-42-45-46-43-31/h28-29H,1-27H2,(H,39,48)(H,40,49)(H,41,51)(H,44,50)(H,52,53)(H,54,55)(H,42,43,45,46)/t28-,29-/m0/s1. The van der Waals surface area contributed by atoms with E-state index in [1.807, 2.05) is 0 Å². The Balaban J connectivity index is 2.01. The average molecular weight is 987 g/mol. The number of tetrazole rings is 1. The lowest BCUT2D eigenvalue weighted by atomic mass is 10.0. The summed E-state index contributed by atoms with van der Waals surface area (Å²) in [6.07, 6.45) is 14.5. The number of halogens is 1. The first kappa shape index (κ1) is 54.2. The van der Waals surface area contributed by atoms with Gasteiger partial charge in [-0.25, -0.2) is 18.0 Å². The second-order valence-electron chi connectivity index (χ2n) is 14.2. The van der Waals surface area contributed by atoms with Gasteiger partial charge in [-0.1, -0.05) is 75.8 Å². The quantitative estimate of drug-likeness (QED) is 0.0283. The van der Waals surface area contributed by atoms with Gasteiger partial charge < -0.3 is 35.6 Å². The summed E-state index contributed by atoms with van der Waals surface area (Å²) in [4.78, 5) is 82.4. The number of carboxylic acids is 2. The summed E-state index contributed by atoms with van der Waals surface area (Å²) in [5.74, 6) is -4.79. The number of H-pyrrole nitrogens is 1. The van der Waals surface area contributed by atoms with E-state index in [-0.39, 0.29) is 74.4 Å². The van der Waals surface area contributed by atoms with Gasteiger partial charge >= 0.3 is 11.9 Å². The highest BCUT2D eigenvalue weighted by Crippen LogP contribution is 2.14. The number of carboxylic acid groups (broad SMARTS) is 2. The van der Waals surface area contributed by atoms with E-state index in [9.17, 15) is 52.2 Å². The number of amides is 4. The van der Waals surface area contributed by atoms with Crippen LogP contribution < -0.4 is 20.7 Å². The average Bonchev–Trinajstić information content (AvgIpc) is 3.70. The lowest BCUT2D eigenvalue weighted by molar-refractivity contribution is -0.144. The maximum absolute atomic E-state index is 12.3. The van der Waals surface area contributed by atoms with Crippen LogP contribution in [0.1, 0.15) is 134 Å². The molecule has 1 aromatic rings. The van der Waals surface area contributed by atoms with Crippen LogP contribution in [0.25, 0.3) is 0 Å². The summed E-state index contributed by atoms with van der Waals surface area (Å²) < 4.78 is 36.8. The van der Waals surface area contributed by atoms with Gasteiger partial charge in [0.2, 0.25) is 33.7 Å². The molecule has 7 N–H and O–H groups in total. The monoisotopic (exact) mass is 986 g/mol. The first-order valence-corrected chi connectivity index (χ1v) is 23.3. The third kappa shape index (κ3) is 31.1. The minimum atomic E-state index is -3.85. The van der Waals surface area contributed by atoms with Crippen molar-refractivity contribution in [2.75, 3.05) is 38.7 Å². The Morgan fingerprint density at radius 2 is 1.17 bits per heavy atom. The molecule has 0 aliphatic carbocycles. The Hall–Kier alpha value is -3.84. The number of hydrogen-bond donors (Lipinski definition) is 7. The van der Waals surface area contributed by atoms with Crippen LogP contribution >= 0.6 is 22.6 Å². The molecule has 342 valence electrons. The summed E-state index contributed by atoms with van der Waals surface area (Å²) in [7, 11) is -3.85. The van der Waals surface area contributed by atoms with Crippen molar-refractivity contribution < 1.29 is 61.7 Å². The maximum Gasteiger partial charge on any atom is 0.326 e. The lowest BCUT2D eigenvalue weighted by Crippen LogP contribution is -2.44. The molecular weight excluding hydrogens is 923 g/mol. The maximum atomic E-state index is 12.3. The lowest BCUT2D eigenvalue weighted by Gasteiger charge is -2.16. The number of aromatic nitrogens is 4. The normalized spacial score (nSPS) is 12.3. The highest BCUT2D eigenvalue weighted by atomic mass is 127. The highest BCUT2D eigenvalue weighted by molar-refractivity contribution is 14.1. The van der Waals surface area contributed by atoms with Crippen molar-refractivity contribution in [3.8, 4) is 0 Å². The van der Waals surface area contributed by atoms with E-state index in [1.54, 1.807) is 0 Å². The van der Waals surface area contributed by atoms with E-state index in [2.05, 4.69) is 41.3 Å². The molecule has 0 unspecified atom stereocenters. The van der Waals surface area contributed by atoms with Gasteiger partial charge in [0.25, 0.3) is 0 Å². The fraction of sp³-hybridized carbons (Fsp3) is 0.784. The molecule has 1 aromatic heterocycles. The van der Waals surface area contributed by atoms with Crippen LogP contribution in [0, 0.1) is 0 Å². The highest BCUT2D eigenvalue weighted by Gasteiger charge is 2.24. The SMILES string of the molecule is O=C(I)CC[C@H](NC(=O)CC[C@H](NC(=O)COCCOCCNC(=O)CCCS(=O)(=O)NC(=O)CCCCCCCCCCCCCCCc1nn[nH]n1)C(=O)O)C(=O)O. The number of rotatable bonds is 39. The van der Waals surface area contributed by atoms with Gasteiger partial charge in [-0.2, -0.15) is 5.21 Å². The number of carbonyl (C=O) groups excluding carboxylic acids is 5. The summed E-state index contributed by atoms with van der Waals surface area (Å²) in [6, 6.07) is -2.75. The van der Waals surface area contributed by atoms with Gasteiger partial charge in [0.1, 0.15) is 18.7 Å². The van der Waals surface area contributed by atoms with Crippen LogP contribution in [0.15, 0.2) is 0 Å². The Morgan fingerprint density at radius 3 is 1.73 bits per heavy atom. The molecule has 0 fully saturated rings. The third-order valence-electron chi connectivity index (χ3n) is 9.01. The topological polar surface area (TPSA) is 315 Å². The number of ether oxygens (including phenoxy) is 2. The number of carbonyl (C=O) groups is 7. The van der Waals surface area contributed by atoms with Crippen molar-refractivity contribution in [2.45, 2.75) is 147 Å². The van der Waals surface area contributed by atoms with Crippen molar-refractivity contribution in [1.82, 2.24) is 41.3 Å². The van der Waals surface area contributed by atoms with Gasteiger partial charge in [0.05, 0.1) is 25.6 Å². The summed E-state index contributed by atoms with van der Waals surface area (Å²) in [5, 5.41) is 39.6. The number of unbranched alkanes of at least 4 members (excludes halogenated alkanes) is 12. The molecule has 0 aliphatic rings. The molecule has 0 bridgehead atoms. The molecule has 0 spiro atoms. The predicted molar refractivity (Wildman–Crippen MR) is 225 cm³/mol. The smallest absolute Gasteiger partial charge is 0.326 e. The fourth-order valence-corrected chi connectivity index (χ4v) is 7.17. The van der Waals surface area contributed by atoms with Crippen LogP contribution in [0.3, 0.4) is 0 Å². The van der Waals surface area contributed by atoms with Gasteiger partial charge in [-0.3, -0.25) is 28.7 Å². The van der Waals surface area contributed by atoms with Crippen molar-refractivity contribution in [3.63, 3.8) is 0 Å². The molecule has 0 aromatic carbocycles. The van der Waals surface area contributed by atoms with Gasteiger partial charge in [0.15, 0.2) is 9.61 Å². The van der Waals surface area contributed by atoms with Crippen molar-refractivity contribution in [1.29, 1.82) is 0 Å². The Morgan fingerprint density at radius 1 is 0.633 bits per heavy atom. The van der Waals surface area contributed by atoms with E-state index in [0.717, 1.165) is 44.3 Å². The van der Waals surface area contributed by atoms with Crippen LogP contribution in [0.5, 0.6) is 0 Å². The van der Waals surface area contributed by atoms with Crippen molar-refractivity contribution in [2.24, 2.45) is 0 Å². The minimum Gasteiger partial charge on any atom is -0.480 e. The molecule has 0 saturated heterocycles.